The minimum atomic E-state index is -0.207. The summed E-state index contributed by atoms with van der Waals surface area (Å²) in [6, 6.07) is 8.43. The van der Waals surface area contributed by atoms with Gasteiger partial charge in [0.15, 0.2) is 0 Å². The third kappa shape index (κ3) is 3.59. The van der Waals surface area contributed by atoms with Gasteiger partial charge in [0.05, 0.1) is 11.8 Å². The molecule has 2 heterocycles. The van der Waals surface area contributed by atoms with E-state index in [0.29, 0.717) is 23.2 Å². The second-order valence-electron chi connectivity index (χ2n) is 7.74. The largest absolute Gasteiger partial charge is 0.443 e. The Hall–Kier alpha value is -1.80. The van der Waals surface area contributed by atoms with E-state index in [1.54, 1.807) is 0 Å². The average Bonchev–Trinajstić information content (AvgIpc) is 3.20. The van der Waals surface area contributed by atoms with Gasteiger partial charge in [-0.25, -0.2) is 4.79 Å². The Labute approximate surface area is 175 Å². The molecule has 1 aromatic rings. The van der Waals surface area contributed by atoms with Crippen LogP contribution in [0.15, 0.2) is 24.3 Å². The van der Waals surface area contributed by atoms with Crippen molar-refractivity contribution in [3.63, 3.8) is 0 Å². The van der Waals surface area contributed by atoms with Gasteiger partial charge in [0.25, 0.3) is 0 Å². The minimum absolute atomic E-state index is 0.0176. The van der Waals surface area contributed by atoms with Gasteiger partial charge in [0, 0.05) is 39.6 Å². The van der Waals surface area contributed by atoms with E-state index in [2.05, 4.69) is 12.1 Å². The fourth-order valence-corrected chi connectivity index (χ4v) is 5.25. The molecule has 0 saturated carbocycles. The van der Waals surface area contributed by atoms with Crippen LogP contribution >= 0.6 is 24.0 Å². The van der Waals surface area contributed by atoms with Crippen molar-refractivity contribution in [2.75, 3.05) is 32.9 Å². The Balaban J connectivity index is 1.37. The van der Waals surface area contributed by atoms with Crippen molar-refractivity contribution < 1.29 is 14.3 Å². The predicted molar refractivity (Wildman–Crippen MR) is 113 cm³/mol. The van der Waals surface area contributed by atoms with Crippen LogP contribution in [0.5, 0.6) is 0 Å². The van der Waals surface area contributed by atoms with Crippen molar-refractivity contribution in [2.24, 2.45) is 0 Å². The second kappa shape index (κ2) is 7.91. The molecule has 0 radical (unpaired) electrons. The molecule has 4 rings (SSSR count). The summed E-state index contributed by atoms with van der Waals surface area (Å²) in [6.07, 6.45) is 2.09. The molecule has 3 aliphatic rings. The van der Waals surface area contributed by atoms with Crippen LogP contribution in [0.2, 0.25) is 0 Å². The molecule has 150 valence electrons. The highest BCUT2D eigenvalue weighted by molar-refractivity contribution is 8.23. The van der Waals surface area contributed by atoms with Crippen LogP contribution in [0.25, 0.3) is 0 Å². The van der Waals surface area contributed by atoms with E-state index in [4.69, 9.17) is 17.0 Å². The van der Waals surface area contributed by atoms with Gasteiger partial charge < -0.3 is 14.5 Å². The summed E-state index contributed by atoms with van der Waals surface area (Å²) < 4.78 is 6.40. The lowest BCUT2D eigenvalue weighted by atomic mass is 9.99. The van der Waals surface area contributed by atoms with Crippen molar-refractivity contribution in [2.45, 2.75) is 37.5 Å². The zero-order valence-corrected chi connectivity index (χ0v) is 17.8. The maximum absolute atomic E-state index is 12.6. The van der Waals surface area contributed by atoms with E-state index in [1.807, 2.05) is 40.9 Å². The SMILES string of the molecule is CN(C)C(=S)SCC(=O)N1CCC(N2C(=O)O[C@@H]3Cc4ccccc4[C@@H]32)CC1. The summed E-state index contributed by atoms with van der Waals surface area (Å²) >= 11 is 6.64. The molecule has 2 fully saturated rings. The lowest BCUT2D eigenvalue weighted by molar-refractivity contribution is -0.129. The number of piperidine rings is 1. The molecule has 0 bridgehead atoms. The number of rotatable bonds is 3. The summed E-state index contributed by atoms with van der Waals surface area (Å²) in [5.41, 5.74) is 2.49. The number of hydrogen-bond acceptors (Lipinski definition) is 5. The lowest BCUT2D eigenvalue weighted by Crippen LogP contribution is -2.48. The van der Waals surface area contributed by atoms with Crippen molar-refractivity contribution in [1.82, 2.24) is 14.7 Å². The third-order valence-corrected chi connectivity index (χ3v) is 7.53. The van der Waals surface area contributed by atoms with Gasteiger partial charge in [-0.1, -0.05) is 48.2 Å². The Morgan fingerprint density at radius 2 is 2.00 bits per heavy atom. The summed E-state index contributed by atoms with van der Waals surface area (Å²) in [6.45, 7) is 1.34. The number of benzene rings is 1. The number of likely N-dealkylation sites (tertiary alicyclic amines) is 1. The molecule has 2 atom stereocenters. The molecule has 2 saturated heterocycles. The van der Waals surface area contributed by atoms with Gasteiger partial charge in [-0.15, -0.1) is 0 Å². The topological polar surface area (TPSA) is 53.1 Å². The van der Waals surface area contributed by atoms with Crippen LogP contribution in [0.4, 0.5) is 4.79 Å². The minimum Gasteiger partial charge on any atom is -0.443 e. The zero-order valence-electron chi connectivity index (χ0n) is 16.2. The monoisotopic (exact) mass is 419 g/mol. The fraction of sp³-hybridized carbons (Fsp3) is 0.550. The van der Waals surface area contributed by atoms with Gasteiger partial charge in [-0.2, -0.15) is 0 Å². The maximum Gasteiger partial charge on any atom is 0.411 e. The third-order valence-electron chi connectivity index (χ3n) is 5.80. The highest BCUT2D eigenvalue weighted by Crippen LogP contribution is 2.44. The van der Waals surface area contributed by atoms with Gasteiger partial charge in [0.1, 0.15) is 10.4 Å². The number of carbonyl (C=O) groups excluding carboxylic acids is 2. The Bertz CT molecular complexity index is 793. The van der Waals surface area contributed by atoms with Gasteiger partial charge in [-0.3, -0.25) is 9.69 Å². The van der Waals surface area contributed by atoms with Crippen LogP contribution in [0.1, 0.15) is 30.0 Å². The van der Waals surface area contributed by atoms with Gasteiger partial charge >= 0.3 is 6.09 Å². The molecule has 1 aliphatic carbocycles. The highest BCUT2D eigenvalue weighted by atomic mass is 32.2. The number of amides is 2. The molecular formula is C20H25N3O3S2. The second-order valence-corrected chi connectivity index (χ2v) is 9.35. The molecule has 2 amide bonds. The molecule has 0 unspecified atom stereocenters. The van der Waals surface area contributed by atoms with Crippen LogP contribution in [-0.4, -0.2) is 76.1 Å². The number of carbonyl (C=O) groups is 2. The standard InChI is InChI=1S/C20H25N3O3S2/c1-21(2)20(27)28-12-17(24)22-9-7-14(8-10-22)23-18-15-6-4-3-5-13(15)11-16(18)26-19(23)25/h3-6,14,16,18H,7-12H2,1-2H3/t16-,18+/m1/s1. The van der Waals surface area contributed by atoms with Crippen LogP contribution in [-0.2, 0) is 16.0 Å². The number of nitrogens with zero attached hydrogens (tertiary/aromatic N) is 3. The Kier molecular flexibility index (Phi) is 5.51. The highest BCUT2D eigenvalue weighted by Gasteiger charge is 2.50. The smallest absolute Gasteiger partial charge is 0.411 e. The quantitative estimate of drug-likeness (QED) is 0.702. The average molecular weight is 420 g/mol. The first-order valence-corrected chi connectivity index (χ1v) is 11.0. The van der Waals surface area contributed by atoms with E-state index < -0.39 is 0 Å². The molecule has 8 heteroatoms. The van der Waals surface area contributed by atoms with Crippen LogP contribution < -0.4 is 0 Å². The predicted octanol–water partition coefficient (Wildman–Crippen LogP) is 2.68. The van der Waals surface area contributed by atoms with Crippen molar-refractivity contribution in [3.8, 4) is 0 Å². The number of thioether (sulfide) groups is 1. The van der Waals surface area contributed by atoms with Gasteiger partial charge in [0.2, 0.25) is 5.91 Å². The number of hydrogen-bond donors (Lipinski definition) is 0. The van der Waals surface area contributed by atoms with Crippen LogP contribution in [0, 0.1) is 0 Å². The fourth-order valence-electron chi connectivity index (χ4n) is 4.39. The molecule has 0 N–H and O–H groups in total. The van der Waals surface area contributed by atoms with E-state index in [0.717, 1.165) is 19.3 Å². The molecule has 0 spiro atoms. The maximum atomic E-state index is 12.6. The normalized spacial score (nSPS) is 24.0. The molecule has 2 aliphatic heterocycles. The van der Waals surface area contributed by atoms with Crippen LogP contribution in [0.3, 0.4) is 0 Å². The number of ether oxygens (including phenoxy) is 1. The summed E-state index contributed by atoms with van der Waals surface area (Å²) in [7, 11) is 3.77. The van der Waals surface area contributed by atoms with Gasteiger partial charge in [-0.05, 0) is 24.0 Å². The van der Waals surface area contributed by atoms with E-state index in [1.165, 1.54) is 22.9 Å². The van der Waals surface area contributed by atoms with E-state index in [-0.39, 0.29) is 30.2 Å². The summed E-state index contributed by atoms with van der Waals surface area (Å²) in [5.74, 6) is 0.478. The zero-order chi connectivity index (χ0) is 19.8. The molecule has 0 aromatic heterocycles. The van der Waals surface area contributed by atoms with Crippen molar-refractivity contribution >= 4 is 40.3 Å². The molecule has 28 heavy (non-hydrogen) atoms. The van der Waals surface area contributed by atoms with Crippen molar-refractivity contribution in [3.05, 3.63) is 35.4 Å². The molecule has 6 nitrogen and oxygen atoms in total. The number of thiocarbonyl (C=S) groups is 1. The molecular weight excluding hydrogens is 394 g/mol. The Morgan fingerprint density at radius 3 is 2.71 bits per heavy atom. The number of fused-ring (bicyclic) bond motifs is 3. The first-order chi connectivity index (χ1) is 13.5. The molecule has 1 aromatic carbocycles. The Morgan fingerprint density at radius 1 is 1.29 bits per heavy atom. The van der Waals surface area contributed by atoms with E-state index in [9.17, 15) is 9.59 Å². The first kappa shape index (κ1) is 19.5. The van der Waals surface area contributed by atoms with E-state index >= 15 is 0 Å². The summed E-state index contributed by atoms with van der Waals surface area (Å²) in [4.78, 5) is 30.7. The van der Waals surface area contributed by atoms with Crippen molar-refractivity contribution in [1.29, 1.82) is 0 Å². The first-order valence-electron chi connectivity index (χ1n) is 9.64. The lowest BCUT2D eigenvalue weighted by Gasteiger charge is -2.38. The summed E-state index contributed by atoms with van der Waals surface area (Å²) in [5, 5.41) is 0.